The molecule has 0 aliphatic rings. The predicted octanol–water partition coefficient (Wildman–Crippen LogP) is -0.0444. The minimum Gasteiger partial charge on any atom is -0.455 e. The number of amides is 1. The van der Waals surface area contributed by atoms with Gasteiger partial charge in [-0.05, 0) is 26.2 Å². The number of furan rings is 1. The maximum atomic E-state index is 11.9. The molecule has 0 saturated heterocycles. The Morgan fingerprint density at radius 1 is 1.36 bits per heavy atom. The van der Waals surface area contributed by atoms with Crippen molar-refractivity contribution in [3.63, 3.8) is 0 Å². The van der Waals surface area contributed by atoms with E-state index in [1.54, 1.807) is 19.2 Å². The van der Waals surface area contributed by atoms with Gasteiger partial charge in [-0.25, -0.2) is 0 Å². The fourth-order valence-electron chi connectivity index (χ4n) is 1.66. The molecule has 0 aliphatic carbocycles. The summed E-state index contributed by atoms with van der Waals surface area (Å²) in [6.07, 6.45) is 0.821. The average molecular weight is 311 g/mol. The first kappa shape index (κ1) is 17.5. The van der Waals surface area contributed by atoms with E-state index in [4.69, 9.17) is 4.42 Å². The van der Waals surface area contributed by atoms with Crippen molar-refractivity contribution in [3.05, 3.63) is 45.8 Å². The van der Waals surface area contributed by atoms with Crippen molar-refractivity contribution in [3.8, 4) is 0 Å². The number of hydrogen-bond acceptors (Lipinski definition) is 7. The lowest BCUT2D eigenvalue weighted by molar-refractivity contribution is -0.404. The second-order valence-corrected chi connectivity index (χ2v) is 4.76. The molecule has 1 aromatic heterocycles. The summed E-state index contributed by atoms with van der Waals surface area (Å²) < 4.78 is 5.42. The van der Waals surface area contributed by atoms with Crippen LogP contribution in [0.3, 0.4) is 0 Å². The highest BCUT2D eigenvalue weighted by atomic mass is 16.6. The molecule has 0 aromatic carbocycles. The topological polar surface area (TPSA) is 113 Å². The largest absolute Gasteiger partial charge is 0.455 e. The summed E-state index contributed by atoms with van der Waals surface area (Å²) in [6.45, 7) is 1.27. The minimum absolute atomic E-state index is 0.242. The van der Waals surface area contributed by atoms with Crippen LogP contribution in [0.15, 0.2) is 28.6 Å². The first-order valence-electron chi connectivity index (χ1n) is 6.71. The molecule has 9 heteroatoms. The van der Waals surface area contributed by atoms with E-state index in [-0.39, 0.29) is 17.5 Å². The summed E-state index contributed by atoms with van der Waals surface area (Å²) in [4.78, 5) is 23.6. The van der Waals surface area contributed by atoms with Crippen molar-refractivity contribution < 1.29 is 14.1 Å². The molecule has 3 N–H and O–H groups in total. The maximum absolute atomic E-state index is 11.9. The second-order valence-electron chi connectivity index (χ2n) is 4.76. The third kappa shape index (κ3) is 6.27. The van der Waals surface area contributed by atoms with Gasteiger partial charge in [0.1, 0.15) is 5.76 Å². The van der Waals surface area contributed by atoms with Gasteiger partial charge in [-0.2, -0.15) is 0 Å². The van der Waals surface area contributed by atoms with E-state index >= 15 is 0 Å². The standard InChI is InChI=1S/C13H21N5O4/c1-14-12(9-18(20)21)15-6-7-16-13(19)11-5-4-10(22-11)8-17(2)3/h4-5,9,14-15H,6-8H2,1-3H3,(H,16,19). The van der Waals surface area contributed by atoms with E-state index in [0.29, 0.717) is 25.4 Å². The lowest BCUT2D eigenvalue weighted by Gasteiger charge is -2.08. The van der Waals surface area contributed by atoms with Crippen molar-refractivity contribution >= 4 is 5.91 Å². The Kier molecular flexibility index (Phi) is 6.90. The lowest BCUT2D eigenvalue weighted by atomic mass is 10.4. The van der Waals surface area contributed by atoms with Crippen LogP contribution in [-0.2, 0) is 6.54 Å². The molecular weight excluding hydrogens is 290 g/mol. The first-order valence-corrected chi connectivity index (χ1v) is 6.71. The Balaban J connectivity index is 2.37. The molecule has 0 radical (unpaired) electrons. The molecule has 122 valence electrons. The molecule has 0 bridgehead atoms. The number of nitrogens with zero attached hydrogens (tertiary/aromatic N) is 2. The monoisotopic (exact) mass is 311 g/mol. The van der Waals surface area contributed by atoms with Crippen LogP contribution >= 0.6 is 0 Å². The van der Waals surface area contributed by atoms with Gasteiger partial charge in [-0.1, -0.05) is 0 Å². The van der Waals surface area contributed by atoms with Crippen molar-refractivity contribution in [2.24, 2.45) is 0 Å². The fourth-order valence-corrected chi connectivity index (χ4v) is 1.66. The fraction of sp³-hybridized carbons (Fsp3) is 0.462. The number of nitrogens with one attached hydrogen (secondary N) is 3. The Bertz CT molecular complexity index is 538. The third-order valence-electron chi connectivity index (χ3n) is 2.59. The molecule has 0 aliphatic heterocycles. The third-order valence-corrected chi connectivity index (χ3v) is 2.59. The quantitative estimate of drug-likeness (QED) is 0.333. The molecule has 1 amide bonds. The molecule has 1 heterocycles. The number of rotatable bonds is 9. The van der Waals surface area contributed by atoms with Gasteiger partial charge in [0.2, 0.25) is 0 Å². The van der Waals surface area contributed by atoms with Crippen LogP contribution < -0.4 is 16.0 Å². The Hall–Kier alpha value is -2.55. The summed E-state index contributed by atoms with van der Waals surface area (Å²) in [6, 6.07) is 3.37. The second kappa shape index (κ2) is 8.67. The van der Waals surface area contributed by atoms with Gasteiger partial charge in [0.25, 0.3) is 12.1 Å². The van der Waals surface area contributed by atoms with Gasteiger partial charge < -0.3 is 25.3 Å². The van der Waals surface area contributed by atoms with Crippen LogP contribution in [0.1, 0.15) is 16.3 Å². The van der Waals surface area contributed by atoms with Crippen LogP contribution in [0.2, 0.25) is 0 Å². The molecule has 0 spiro atoms. The molecule has 0 unspecified atom stereocenters. The number of carbonyl (C=O) groups excluding carboxylic acids is 1. The zero-order valence-corrected chi connectivity index (χ0v) is 12.9. The van der Waals surface area contributed by atoms with Gasteiger partial charge in [0, 0.05) is 20.1 Å². The van der Waals surface area contributed by atoms with Crippen LogP contribution in [0.25, 0.3) is 0 Å². The van der Waals surface area contributed by atoms with Crippen LogP contribution in [-0.4, -0.2) is 50.0 Å². The highest BCUT2D eigenvalue weighted by Gasteiger charge is 2.11. The van der Waals surface area contributed by atoms with Crippen molar-refractivity contribution in [2.45, 2.75) is 6.54 Å². The molecule has 22 heavy (non-hydrogen) atoms. The van der Waals surface area contributed by atoms with Gasteiger partial charge in [0.05, 0.1) is 11.5 Å². The predicted molar refractivity (Wildman–Crippen MR) is 80.6 cm³/mol. The van der Waals surface area contributed by atoms with E-state index in [1.807, 2.05) is 19.0 Å². The normalized spacial score (nSPS) is 11.4. The van der Waals surface area contributed by atoms with Crippen molar-refractivity contribution in [2.75, 3.05) is 34.2 Å². The number of nitro groups is 1. The Morgan fingerprint density at radius 3 is 2.64 bits per heavy atom. The summed E-state index contributed by atoms with van der Waals surface area (Å²) in [7, 11) is 5.38. The molecule has 9 nitrogen and oxygen atoms in total. The van der Waals surface area contributed by atoms with Gasteiger partial charge in [-0.15, -0.1) is 0 Å². The van der Waals surface area contributed by atoms with E-state index in [2.05, 4.69) is 16.0 Å². The van der Waals surface area contributed by atoms with E-state index in [0.717, 1.165) is 6.20 Å². The van der Waals surface area contributed by atoms with Crippen molar-refractivity contribution in [1.82, 2.24) is 20.9 Å². The molecular formula is C13H21N5O4. The maximum Gasteiger partial charge on any atom is 0.287 e. The van der Waals surface area contributed by atoms with Crippen LogP contribution in [0.4, 0.5) is 0 Å². The molecule has 1 rings (SSSR count). The minimum atomic E-state index is -0.563. The Morgan fingerprint density at radius 2 is 2.05 bits per heavy atom. The smallest absolute Gasteiger partial charge is 0.287 e. The lowest BCUT2D eigenvalue weighted by Crippen LogP contribution is -2.34. The SMILES string of the molecule is CNC(=C[N+](=O)[O-])NCCNC(=O)c1ccc(CN(C)C)o1. The van der Waals surface area contributed by atoms with E-state index in [1.165, 1.54) is 0 Å². The number of carbonyl (C=O) groups is 1. The molecule has 1 aromatic rings. The van der Waals surface area contributed by atoms with Gasteiger partial charge >= 0.3 is 0 Å². The first-order chi connectivity index (χ1) is 10.4. The zero-order chi connectivity index (χ0) is 16.5. The van der Waals surface area contributed by atoms with Gasteiger partial charge in [-0.3, -0.25) is 14.9 Å². The summed E-state index contributed by atoms with van der Waals surface area (Å²) in [5.41, 5.74) is 0. The van der Waals surface area contributed by atoms with Crippen LogP contribution in [0.5, 0.6) is 0 Å². The highest BCUT2D eigenvalue weighted by molar-refractivity contribution is 5.91. The molecule has 0 fully saturated rings. The van der Waals surface area contributed by atoms with Crippen molar-refractivity contribution in [1.29, 1.82) is 0 Å². The summed E-state index contributed by atoms with van der Waals surface area (Å²) in [5, 5.41) is 18.4. The van der Waals surface area contributed by atoms with Gasteiger partial charge in [0.15, 0.2) is 11.6 Å². The summed E-state index contributed by atoms with van der Waals surface area (Å²) in [5.74, 6) is 0.896. The molecule has 0 atom stereocenters. The zero-order valence-electron chi connectivity index (χ0n) is 12.9. The van der Waals surface area contributed by atoms with E-state index in [9.17, 15) is 14.9 Å². The Labute approximate surface area is 128 Å². The van der Waals surface area contributed by atoms with Crippen LogP contribution in [0, 0.1) is 10.1 Å². The highest BCUT2D eigenvalue weighted by Crippen LogP contribution is 2.09. The summed E-state index contributed by atoms with van der Waals surface area (Å²) >= 11 is 0. The average Bonchev–Trinajstić information content (AvgIpc) is 2.89. The van der Waals surface area contributed by atoms with E-state index < -0.39 is 4.92 Å². The number of hydrogen-bond donors (Lipinski definition) is 3. The molecule has 0 saturated carbocycles.